The van der Waals surface area contributed by atoms with Gasteiger partial charge in [-0.25, -0.2) is 4.79 Å². The Morgan fingerprint density at radius 1 is 1.05 bits per heavy atom. The molecule has 0 aromatic rings. The molecule has 1 fully saturated rings. The summed E-state index contributed by atoms with van der Waals surface area (Å²) in [6, 6.07) is 0. The van der Waals surface area contributed by atoms with Crippen molar-refractivity contribution in [3.63, 3.8) is 0 Å². The van der Waals surface area contributed by atoms with Crippen LogP contribution in [0.25, 0.3) is 0 Å². The number of carbonyl (C=O) groups excluding carboxylic acids is 1. The molecular weight excluding hydrogens is 252 g/mol. The predicted molar refractivity (Wildman–Crippen MR) is 62.7 cm³/mol. The Balaban J connectivity index is 1.90. The molecule has 19 heavy (non-hydrogen) atoms. The van der Waals surface area contributed by atoms with E-state index in [4.69, 9.17) is 23.7 Å². The van der Waals surface area contributed by atoms with Gasteiger partial charge in [-0.2, -0.15) is 0 Å². The van der Waals surface area contributed by atoms with E-state index >= 15 is 0 Å². The average molecular weight is 270 g/mol. The Morgan fingerprint density at radius 3 is 2.32 bits per heavy atom. The van der Waals surface area contributed by atoms with Crippen LogP contribution >= 0.6 is 0 Å². The molecule has 3 aliphatic heterocycles. The van der Waals surface area contributed by atoms with Crippen LogP contribution in [0.2, 0.25) is 0 Å². The van der Waals surface area contributed by atoms with E-state index in [1.165, 1.54) is 0 Å². The van der Waals surface area contributed by atoms with Crippen LogP contribution in [-0.2, 0) is 28.5 Å². The SMILES string of the molecule is CC1(C)OC2=C(O1)[C@@H]([C@@]1(C)COC(C)(C)O1)OC2=O. The number of esters is 1. The van der Waals surface area contributed by atoms with E-state index in [1.807, 2.05) is 20.8 Å². The van der Waals surface area contributed by atoms with Crippen molar-refractivity contribution >= 4 is 5.97 Å². The van der Waals surface area contributed by atoms with E-state index in [1.54, 1.807) is 13.8 Å². The Morgan fingerprint density at radius 2 is 1.74 bits per heavy atom. The number of cyclic esters (lactones) is 1. The summed E-state index contributed by atoms with van der Waals surface area (Å²) in [5, 5.41) is 0. The quantitative estimate of drug-likeness (QED) is 0.672. The number of hydrogen-bond acceptors (Lipinski definition) is 6. The maximum absolute atomic E-state index is 11.8. The van der Waals surface area contributed by atoms with Crippen molar-refractivity contribution in [1.82, 2.24) is 0 Å². The van der Waals surface area contributed by atoms with Gasteiger partial charge in [0.2, 0.25) is 5.79 Å². The van der Waals surface area contributed by atoms with Crippen LogP contribution < -0.4 is 0 Å². The maximum Gasteiger partial charge on any atom is 0.378 e. The minimum Gasteiger partial charge on any atom is -0.449 e. The molecule has 0 bridgehead atoms. The summed E-state index contributed by atoms with van der Waals surface area (Å²) in [5.74, 6) is -1.53. The highest BCUT2D eigenvalue weighted by Crippen LogP contribution is 2.45. The van der Waals surface area contributed by atoms with Crippen molar-refractivity contribution in [2.24, 2.45) is 0 Å². The second-order valence-corrected chi connectivity index (χ2v) is 6.19. The zero-order valence-electron chi connectivity index (χ0n) is 11.7. The molecule has 3 aliphatic rings. The summed E-state index contributed by atoms with van der Waals surface area (Å²) in [7, 11) is 0. The van der Waals surface area contributed by atoms with Crippen LogP contribution in [0.15, 0.2) is 11.5 Å². The van der Waals surface area contributed by atoms with Gasteiger partial charge in [-0.3, -0.25) is 0 Å². The highest BCUT2D eigenvalue weighted by Gasteiger charge is 2.59. The Labute approximate surface area is 111 Å². The second-order valence-electron chi connectivity index (χ2n) is 6.19. The topological polar surface area (TPSA) is 63.2 Å². The monoisotopic (exact) mass is 270 g/mol. The molecule has 0 unspecified atom stereocenters. The largest absolute Gasteiger partial charge is 0.449 e. The van der Waals surface area contributed by atoms with Gasteiger partial charge < -0.3 is 23.7 Å². The van der Waals surface area contributed by atoms with Gasteiger partial charge in [-0.15, -0.1) is 0 Å². The summed E-state index contributed by atoms with van der Waals surface area (Å²) in [5.41, 5.74) is -0.778. The van der Waals surface area contributed by atoms with Gasteiger partial charge in [0, 0.05) is 13.8 Å². The molecular formula is C13H18O6. The highest BCUT2D eigenvalue weighted by atomic mass is 16.8. The summed E-state index contributed by atoms with van der Waals surface area (Å²) in [4.78, 5) is 11.8. The van der Waals surface area contributed by atoms with E-state index in [-0.39, 0.29) is 5.76 Å². The number of hydrogen-bond donors (Lipinski definition) is 0. The molecule has 0 saturated carbocycles. The van der Waals surface area contributed by atoms with Crippen molar-refractivity contribution in [2.45, 2.75) is 57.9 Å². The lowest BCUT2D eigenvalue weighted by molar-refractivity contribution is -0.203. The first-order valence-corrected chi connectivity index (χ1v) is 6.29. The zero-order chi connectivity index (χ0) is 14.1. The van der Waals surface area contributed by atoms with Crippen LogP contribution in [-0.4, -0.2) is 35.9 Å². The molecule has 0 aliphatic carbocycles. The first-order chi connectivity index (χ1) is 8.62. The summed E-state index contributed by atoms with van der Waals surface area (Å²) in [6.07, 6.45) is -0.640. The molecule has 0 radical (unpaired) electrons. The first kappa shape index (κ1) is 12.7. The minimum absolute atomic E-state index is 0.143. The molecule has 6 nitrogen and oxygen atoms in total. The van der Waals surface area contributed by atoms with Gasteiger partial charge >= 0.3 is 5.97 Å². The molecule has 1 saturated heterocycles. The van der Waals surface area contributed by atoms with E-state index in [0.29, 0.717) is 12.4 Å². The Kier molecular flexibility index (Phi) is 2.30. The van der Waals surface area contributed by atoms with Crippen molar-refractivity contribution in [2.75, 3.05) is 6.61 Å². The Hall–Kier alpha value is -1.27. The number of carbonyl (C=O) groups is 1. The zero-order valence-corrected chi connectivity index (χ0v) is 11.7. The van der Waals surface area contributed by atoms with Crippen molar-refractivity contribution < 1.29 is 28.5 Å². The molecule has 3 heterocycles. The van der Waals surface area contributed by atoms with Gasteiger partial charge in [0.05, 0.1) is 6.61 Å². The van der Waals surface area contributed by atoms with E-state index in [0.717, 1.165) is 0 Å². The van der Waals surface area contributed by atoms with Gasteiger partial charge in [0.15, 0.2) is 17.7 Å². The molecule has 6 heteroatoms. The molecule has 0 aromatic heterocycles. The minimum atomic E-state index is -0.853. The Bertz CT molecular complexity index is 478. The smallest absolute Gasteiger partial charge is 0.378 e. The van der Waals surface area contributed by atoms with Gasteiger partial charge in [-0.1, -0.05) is 0 Å². The standard InChI is InChI=1S/C13H18O6/c1-11(2)15-6-13(5,19-11)9-7-8(10(14)16-9)18-12(3,4)17-7/h9H,6H2,1-5H3/t9-,13+/m0/s1. The second kappa shape index (κ2) is 3.43. The molecule has 0 spiro atoms. The van der Waals surface area contributed by atoms with Crippen LogP contribution in [0.5, 0.6) is 0 Å². The van der Waals surface area contributed by atoms with E-state index in [9.17, 15) is 4.79 Å². The van der Waals surface area contributed by atoms with Crippen LogP contribution in [0, 0.1) is 0 Å². The third-order valence-corrected chi connectivity index (χ3v) is 3.32. The molecule has 0 amide bonds. The number of ether oxygens (including phenoxy) is 5. The van der Waals surface area contributed by atoms with Gasteiger partial charge in [0.25, 0.3) is 5.76 Å². The van der Waals surface area contributed by atoms with E-state index in [2.05, 4.69) is 0 Å². The van der Waals surface area contributed by atoms with Gasteiger partial charge in [-0.05, 0) is 20.8 Å². The summed E-state index contributed by atoms with van der Waals surface area (Å²) < 4.78 is 27.9. The van der Waals surface area contributed by atoms with Crippen LogP contribution in [0.4, 0.5) is 0 Å². The predicted octanol–water partition coefficient (Wildman–Crippen LogP) is 1.45. The first-order valence-electron chi connectivity index (χ1n) is 6.29. The van der Waals surface area contributed by atoms with Crippen LogP contribution in [0.3, 0.4) is 0 Å². The lowest BCUT2D eigenvalue weighted by Crippen LogP contribution is -2.45. The molecule has 0 N–H and O–H groups in total. The molecule has 0 aromatic carbocycles. The van der Waals surface area contributed by atoms with Crippen LogP contribution in [0.1, 0.15) is 34.6 Å². The normalized spacial score (nSPS) is 38.8. The fraction of sp³-hybridized carbons (Fsp3) is 0.769. The van der Waals surface area contributed by atoms with Gasteiger partial charge in [0.1, 0.15) is 5.60 Å². The fourth-order valence-electron chi connectivity index (χ4n) is 2.63. The third-order valence-electron chi connectivity index (χ3n) is 3.32. The average Bonchev–Trinajstić information content (AvgIpc) is 2.80. The third kappa shape index (κ3) is 1.90. The maximum atomic E-state index is 11.8. The lowest BCUT2D eigenvalue weighted by Gasteiger charge is -2.32. The highest BCUT2D eigenvalue weighted by molar-refractivity contribution is 5.90. The number of rotatable bonds is 1. The molecule has 2 atom stereocenters. The molecule has 106 valence electrons. The lowest BCUT2D eigenvalue weighted by atomic mass is 9.99. The summed E-state index contributed by atoms with van der Waals surface area (Å²) >= 11 is 0. The van der Waals surface area contributed by atoms with Crippen molar-refractivity contribution in [3.05, 3.63) is 11.5 Å². The molecule has 3 rings (SSSR count). The van der Waals surface area contributed by atoms with E-state index < -0.39 is 29.2 Å². The fourth-order valence-corrected chi connectivity index (χ4v) is 2.63. The van der Waals surface area contributed by atoms with Crippen molar-refractivity contribution in [3.8, 4) is 0 Å². The summed E-state index contributed by atoms with van der Waals surface area (Å²) in [6.45, 7) is 9.28. The van der Waals surface area contributed by atoms with Crippen molar-refractivity contribution in [1.29, 1.82) is 0 Å².